The van der Waals surface area contributed by atoms with Crippen molar-refractivity contribution in [1.29, 1.82) is 0 Å². The Morgan fingerprint density at radius 2 is 2.22 bits per heavy atom. The van der Waals surface area contributed by atoms with Crippen LogP contribution in [-0.4, -0.2) is 11.8 Å². The van der Waals surface area contributed by atoms with Crippen molar-refractivity contribution in [2.75, 3.05) is 0 Å². The molecule has 0 heterocycles. The third-order valence-corrected chi connectivity index (χ3v) is 1.28. The van der Waals surface area contributed by atoms with Crippen LogP contribution >= 0.6 is 0 Å². The summed E-state index contributed by atoms with van der Waals surface area (Å²) in [5.41, 5.74) is 1.66. The number of hydrazine groups is 1. The third kappa shape index (κ3) is 0.999. The van der Waals surface area contributed by atoms with Crippen molar-refractivity contribution in [1.82, 2.24) is 5.43 Å². The minimum absolute atomic E-state index is 0.365. The molecule has 0 unspecified atom stereocenters. The van der Waals surface area contributed by atoms with Gasteiger partial charge in [-0.25, -0.2) is 14.6 Å². The summed E-state index contributed by atoms with van der Waals surface area (Å²) in [7, 11) is 0. The van der Waals surface area contributed by atoms with Gasteiger partial charge < -0.3 is 0 Å². The van der Waals surface area contributed by atoms with Crippen molar-refractivity contribution in [2.24, 2.45) is 11.8 Å². The summed E-state index contributed by atoms with van der Waals surface area (Å²) in [5.74, 6) is -0.157. The first-order valence-corrected chi connectivity index (χ1v) is 2.46. The average Bonchev–Trinajstić information content (AvgIpc) is 2.38. The quantitative estimate of drug-likeness (QED) is 0.293. The molecule has 0 aromatic rings. The van der Waals surface area contributed by atoms with E-state index in [4.69, 9.17) is 0 Å². The SMILES string of the molecule is NNC(=O)[C@@H]1CC1(F)F. The van der Waals surface area contributed by atoms with Gasteiger partial charge in [0.25, 0.3) is 5.92 Å². The molecule has 0 spiro atoms. The largest absolute Gasteiger partial charge is 0.294 e. The predicted molar refractivity (Wildman–Crippen MR) is 25.4 cm³/mol. The van der Waals surface area contributed by atoms with Crippen molar-refractivity contribution in [2.45, 2.75) is 12.3 Å². The zero-order chi connectivity index (χ0) is 7.07. The van der Waals surface area contributed by atoms with E-state index in [0.29, 0.717) is 0 Å². The highest BCUT2D eigenvalue weighted by molar-refractivity contribution is 5.82. The molecule has 3 nitrogen and oxygen atoms in total. The zero-order valence-corrected chi connectivity index (χ0v) is 4.53. The van der Waals surface area contributed by atoms with Crippen LogP contribution in [0, 0.1) is 5.92 Å². The Labute approximate surface area is 50.2 Å². The van der Waals surface area contributed by atoms with E-state index in [9.17, 15) is 13.6 Å². The number of nitrogens with one attached hydrogen (secondary N) is 1. The highest BCUT2D eigenvalue weighted by Crippen LogP contribution is 2.48. The summed E-state index contributed by atoms with van der Waals surface area (Å²) in [6, 6.07) is 0. The fourth-order valence-electron chi connectivity index (χ4n) is 0.598. The lowest BCUT2D eigenvalue weighted by Gasteiger charge is -1.93. The highest BCUT2D eigenvalue weighted by atomic mass is 19.3. The van der Waals surface area contributed by atoms with Crippen LogP contribution in [0.15, 0.2) is 0 Å². The molecule has 1 atom stereocenters. The number of hydrogen-bond donors (Lipinski definition) is 2. The molecule has 1 aliphatic carbocycles. The third-order valence-electron chi connectivity index (χ3n) is 1.28. The van der Waals surface area contributed by atoms with Gasteiger partial charge in [-0.15, -0.1) is 0 Å². The Balaban J connectivity index is 2.42. The Bertz CT molecular complexity index is 148. The van der Waals surface area contributed by atoms with Gasteiger partial charge in [-0.2, -0.15) is 0 Å². The molecule has 1 aliphatic rings. The van der Waals surface area contributed by atoms with E-state index < -0.39 is 17.7 Å². The van der Waals surface area contributed by atoms with Gasteiger partial charge in [-0.05, 0) is 0 Å². The standard InChI is InChI=1S/C4H6F2N2O/c5-4(6)1-2(4)3(9)8-7/h2H,1,7H2,(H,8,9)/t2-/m0/s1. The molecule has 52 valence electrons. The van der Waals surface area contributed by atoms with Gasteiger partial charge in [0, 0.05) is 6.42 Å². The van der Waals surface area contributed by atoms with Gasteiger partial charge in [-0.1, -0.05) is 0 Å². The molecule has 0 aliphatic heterocycles. The molecule has 0 aromatic heterocycles. The van der Waals surface area contributed by atoms with E-state index in [1.54, 1.807) is 5.43 Å². The first kappa shape index (κ1) is 6.41. The predicted octanol–water partition coefficient (Wildman–Crippen LogP) is -0.369. The average molecular weight is 136 g/mol. The van der Waals surface area contributed by atoms with Crippen molar-refractivity contribution in [3.8, 4) is 0 Å². The second-order valence-corrected chi connectivity index (χ2v) is 2.03. The van der Waals surface area contributed by atoms with Crippen LogP contribution in [0.4, 0.5) is 8.78 Å². The molecule has 0 aromatic carbocycles. The smallest absolute Gasteiger partial charge is 0.260 e. The zero-order valence-electron chi connectivity index (χ0n) is 4.53. The number of alkyl halides is 2. The maximum Gasteiger partial charge on any atom is 0.260 e. The Kier molecular flexibility index (Phi) is 1.16. The molecule has 0 bridgehead atoms. The van der Waals surface area contributed by atoms with Crippen LogP contribution in [0.5, 0.6) is 0 Å². The first-order chi connectivity index (χ1) is 4.08. The van der Waals surface area contributed by atoms with Crippen LogP contribution in [0.25, 0.3) is 0 Å². The number of carbonyl (C=O) groups is 1. The summed E-state index contributed by atoms with van der Waals surface area (Å²) in [4.78, 5) is 10.3. The van der Waals surface area contributed by atoms with Crippen molar-refractivity contribution in [3.05, 3.63) is 0 Å². The summed E-state index contributed by atoms with van der Waals surface area (Å²) >= 11 is 0. The van der Waals surface area contributed by atoms with E-state index in [1.807, 2.05) is 0 Å². The van der Waals surface area contributed by atoms with Crippen molar-refractivity contribution < 1.29 is 13.6 Å². The van der Waals surface area contributed by atoms with E-state index in [2.05, 4.69) is 5.84 Å². The lowest BCUT2D eigenvalue weighted by atomic mass is 10.4. The molecule has 1 rings (SSSR count). The van der Waals surface area contributed by atoms with Gasteiger partial charge >= 0.3 is 0 Å². The van der Waals surface area contributed by atoms with Gasteiger partial charge in [0.15, 0.2) is 0 Å². The van der Waals surface area contributed by atoms with Crippen LogP contribution < -0.4 is 11.3 Å². The normalized spacial score (nSPS) is 29.4. The molecule has 0 radical (unpaired) electrons. The van der Waals surface area contributed by atoms with Gasteiger partial charge in [-0.3, -0.25) is 10.2 Å². The molecule has 1 fully saturated rings. The minimum atomic E-state index is -2.80. The molecule has 1 amide bonds. The number of nitrogens with two attached hydrogens (primary N) is 1. The summed E-state index contributed by atoms with van der Waals surface area (Å²) < 4.78 is 23.8. The molecule has 1 saturated carbocycles. The van der Waals surface area contributed by atoms with Gasteiger partial charge in [0.1, 0.15) is 5.92 Å². The number of halogens is 2. The fraction of sp³-hybridized carbons (Fsp3) is 0.750. The monoisotopic (exact) mass is 136 g/mol. The molecule has 0 saturated heterocycles. The first-order valence-electron chi connectivity index (χ1n) is 2.46. The van der Waals surface area contributed by atoms with Crippen LogP contribution in [0.1, 0.15) is 6.42 Å². The maximum atomic E-state index is 11.9. The topological polar surface area (TPSA) is 55.1 Å². The Hall–Kier alpha value is -0.710. The number of amides is 1. The molecular weight excluding hydrogens is 130 g/mol. The summed E-state index contributed by atoms with van der Waals surface area (Å²) in [5, 5.41) is 0. The van der Waals surface area contributed by atoms with Crippen molar-refractivity contribution in [3.63, 3.8) is 0 Å². The second-order valence-electron chi connectivity index (χ2n) is 2.03. The van der Waals surface area contributed by atoms with Crippen LogP contribution in [-0.2, 0) is 4.79 Å². The van der Waals surface area contributed by atoms with E-state index in [-0.39, 0.29) is 6.42 Å². The summed E-state index contributed by atoms with van der Waals surface area (Å²) in [6.45, 7) is 0. The lowest BCUT2D eigenvalue weighted by molar-refractivity contribution is -0.124. The van der Waals surface area contributed by atoms with Crippen LogP contribution in [0.3, 0.4) is 0 Å². The molecular formula is C4H6F2N2O. The van der Waals surface area contributed by atoms with Gasteiger partial charge in [0.05, 0.1) is 0 Å². The van der Waals surface area contributed by atoms with E-state index in [1.165, 1.54) is 0 Å². The van der Waals surface area contributed by atoms with Crippen LogP contribution in [0.2, 0.25) is 0 Å². The molecule has 9 heavy (non-hydrogen) atoms. The van der Waals surface area contributed by atoms with Gasteiger partial charge in [0.2, 0.25) is 5.91 Å². The Morgan fingerprint density at radius 1 is 1.78 bits per heavy atom. The fourth-order valence-corrected chi connectivity index (χ4v) is 0.598. The van der Waals surface area contributed by atoms with E-state index in [0.717, 1.165) is 0 Å². The molecule has 3 N–H and O–H groups in total. The van der Waals surface area contributed by atoms with Crippen molar-refractivity contribution >= 4 is 5.91 Å². The second kappa shape index (κ2) is 1.63. The Morgan fingerprint density at radius 3 is 2.33 bits per heavy atom. The molecule has 5 heteroatoms. The highest BCUT2D eigenvalue weighted by Gasteiger charge is 2.61. The lowest BCUT2D eigenvalue weighted by Crippen LogP contribution is -2.32. The number of hydrogen-bond acceptors (Lipinski definition) is 2. The number of rotatable bonds is 1. The summed E-state index contributed by atoms with van der Waals surface area (Å²) in [6.07, 6.45) is -0.365. The number of carbonyl (C=O) groups excluding carboxylic acids is 1. The minimum Gasteiger partial charge on any atom is -0.294 e. The van der Waals surface area contributed by atoms with E-state index >= 15 is 0 Å². The maximum absolute atomic E-state index is 11.9.